The molecule has 0 aliphatic carbocycles. The van der Waals surface area contributed by atoms with E-state index in [-0.39, 0.29) is 10.8 Å². The van der Waals surface area contributed by atoms with E-state index in [0.29, 0.717) is 12.1 Å². The summed E-state index contributed by atoms with van der Waals surface area (Å²) in [6.07, 6.45) is 2.69. The molecule has 0 saturated heterocycles. The standard InChI is InChI=1S/C14H16FN3OS/c1-3-12-10(8-18(2)17-12)7-16-14(19)9-4-5-11(15)13(20)6-9/h4-6,8,20H,3,7H2,1-2H3,(H,16,19). The van der Waals surface area contributed by atoms with E-state index in [1.165, 1.54) is 18.2 Å². The van der Waals surface area contributed by atoms with Gasteiger partial charge in [0.05, 0.1) is 5.69 Å². The molecule has 0 aliphatic heterocycles. The molecule has 4 nitrogen and oxygen atoms in total. The molecular formula is C14H16FN3OS. The van der Waals surface area contributed by atoms with Gasteiger partial charge in [-0.25, -0.2) is 4.39 Å². The van der Waals surface area contributed by atoms with Crippen LogP contribution in [0, 0.1) is 5.82 Å². The van der Waals surface area contributed by atoms with E-state index in [2.05, 4.69) is 23.0 Å². The van der Waals surface area contributed by atoms with Crippen LogP contribution in [-0.2, 0) is 20.0 Å². The summed E-state index contributed by atoms with van der Waals surface area (Å²) in [6, 6.07) is 4.09. The lowest BCUT2D eigenvalue weighted by Gasteiger charge is -2.06. The highest BCUT2D eigenvalue weighted by Crippen LogP contribution is 2.14. The summed E-state index contributed by atoms with van der Waals surface area (Å²) in [7, 11) is 1.84. The zero-order valence-corrected chi connectivity index (χ0v) is 12.2. The normalized spacial score (nSPS) is 10.6. The number of hydrogen-bond acceptors (Lipinski definition) is 3. The van der Waals surface area contributed by atoms with Crippen LogP contribution in [0.3, 0.4) is 0 Å². The Morgan fingerprint density at radius 2 is 2.25 bits per heavy atom. The lowest BCUT2D eigenvalue weighted by Crippen LogP contribution is -2.23. The first-order valence-corrected chi connectivity index (χ1v) is 6.74. The molecule has 1 N–H and O–H groups in total. The summed E-state index contributed by atoms with van der Waals surface area (Å²) in [5.74, 6) is -0.698. The van der Waals surface area contributed by atoms with Crippen molar-refractivity contribution >= 4 is 18.5 Å². The molecule has 0 aliphatic rings. The highest BCUT2D eigenvalue weighted by atomic mass is 32.1. The molecule has 0 radical (unpaired) electrons. The second-order valence-electron chi connectivity index (χ2n) is 4.48. The minimum Gasteiger partial charge on any atom is -0.348 e. The van der Waals surface area contributed by atoms with Crippen molar-refractivity contribution in [2.45, 2.75) is 24.8 Å². The van der Waals surface area contributed by atoms with Crippen LogP contribution in [-0.4, -0.2) is 15.7 Å². The Morgan fingerprint density at radius 3 is 2.90 bits per heavy atom. The number of amides is 1. The molecule has 106 valence electrons. The van der Waals surface area contributed by atoms with Crippen molar-refractivity contribution in [3.8, 4) is 0 Å². The van der Waals surface area contributed by atoms with E-state index in [9.17, 15) is 9.18 Å². The van der Waals surface area contributed by atoms with E-state index in [4.69, 9.17) is 0 Å². The molecule has 1 amide bonds. The largest absolute Gasteiger partial charge is 0.348 e. The maximum Gasteiger partial charge on any atom is 0.251 e. The summed E-state index contributed by atoms with van der Waals surface area (Å²) in [4.78, 5) is 12.2. The first-order chi connectivity index (χ1) is 9.51. The number of aryl methyl sites for hydroxylation is 2. The first kappa shape index (κ1) is 14.6. The number of halogens is 1. The maximum atomic E-state index is 13.1. The fourth-order valence-electron chi connectivity index (χ4n) is 1.96. The number of nitrogens with zero attached hydrogens (tertiary/aromatic N) is 2. The van der Waals surface area contributed by atoms with Gasteiger partial charge < -0.3 is 5.32 Å². The number of carbonyl (C=O) groups is 1. The quantitative estimate of drug-likeness (QED) is 0.850. The number of nitrogens with one attached hydrogen (secondary N) is 1. The Balaban J connectivity index is 2.06. The molecule has 0 spiro atoms. The fraction of sp³-hybridized carbons (Fsp3) is 0.286. The summed E-state index contributed by atoms with van der Waals surface area (Å²) in [5, 5.41) is 7.11. The Labute approximate surface area is 122 Å². The van der Waals surface area contributed by atoms with Crippen molar-refractivity contribution in [2.75, 3.05) is 0 Å². The third kappa shape index (κ3) is 3.19. The lowest BCUT2D eigenvalue weighted by atomic mass is 10.2. The summed E-state index contributed by atoms with van der Waals surface area (Å²) in [6.45, 7) is 2.41. The average Bonchev–Trinajstić information content (AvgIpc) is 2.79. The lowest BCUT2D eigenvalue weighted by molar-refractivity contribution is 0.0950. The zero-order valence-electron chi connectivity index (χ0n) is 11.4. The maximum absolute atomic E-state index is 13.1. The predicted molar refractivity (Wildman–Crippen MR) is 77.4 cm³/mol. The van der Waals surface area contributed by atoms with E-state index in [1.54, 1.807) is 4.68 Å². The van der Waals surface area contributed by atoms with E-state index in [0.717, 1.165) is 17.7 Å². The van der Waals surface area contributed by atoms with Crippen LogP contribution in [0.15, 0.2) is 29.3 Å². The number of thiol groups is 1. The highest BCUT2D eigenvalue weighted by molar-refractivity contribution is 7.80. The molecule has 0 saturated carbocycles. The predicted octanol–water partition coefficient (Wildman–Crippen LogP) is 2.34. The SMILES string of the molecule is CCc1nn(C)cc1CNC(=O)c1ccc(F)c(S)c1. The molecular weight excluding hydrogens is 277 g/mol. The Hall–Kier alpha value is -1.82. The Kier molecular flexibility index (Phi) is 4.44. The molecule has 6 heteroatoms. The molecule has 1 aromatic heterocycles. The van der Waals surface area contributed by atoms with Crippen molar-refractivity contribution < 1.29 is 9.18 Å². The average molecular weight is 293 g/mol. The molecule has 2 rings (SSSR count). The Bertz CT molecular complexity index is 639. The van der Waals surface area contributed by atoms with Crippen LogP contribution < -0.4 is 5.32 Å². The van der Waals surface area contributed by atoms with Crippen molar-refractivity contribution in [3.05, 3.63) is 47.0 Å². The smallest absolute Gasteiger partial charge is 0.251 e. The number of carbonyl (C=O) groups excluding carboxylic acids is 1. The van der Waals surface area contributed by atoms with Crippen molar-refractivity contribution in [1.82, 2.24) is 15.1 Å². The molecule has 1 heterocycles. The van der Waals surface area contributed by atoms with Gasteiger partial charge in [0, 0.05) is 35.8 Å². The number of benzene rings is 1. The first-order valence-electron chi connectivity index (χ1n) is 6.29. The monoisotopic (exact) mass is 293 g/mol. The molecule has 0 unspecified atom stereocenters. The van der Waals surface area contributed by atoms with Crippen LogP contribution in [0.25, 0.3) is 0 Å². The van der Waals surface area contributed by atoms with E-state index < -0.39 is 5.82 Å². The molecule has 0 fully saturated rings. The van der Waals surface area contributed by atoms with Gasteiger partial charge in [-0.05, 0) is 24.6 Å². The van der Waals surface area contributed by atoms with Gasteiger partial charge in [0.15, 0.2) is 0 Å². The zero-order chi connectivity index (χ0) is 14.7. The summed E-state index contributed by atoms with van der Waals surface area (Å²) < 4.78 is 14.8. The van der Waals surface area contributed by atoms with Gasteiger partial charge in [-0.3, -0.25) is 9.48 Å². The van der Waals surface area contributed by atoms with Crippen molar-refractivity contribution in [1.29, 1.82) is 0 Å². The Morgan fingerprint density at radius 1 is 1.50 bits per heavy atom. The fourth-order valence-corrected chi connectivity index (χ4v) is 2.17. The third-order valence-corrected chi connectivity index (χ3v) is 3.32. The van der Waals surface area contributed by atoms with Gasteiger partial charge in [-0.2, -0.15) is 5.10 Å². The van der Waals surface area contributed by atoms with Gasteiger partial charge in [-0.15, -0.1) is 12.6 Å². The number of aromatic nitrogens is 2. The molecule has 0 bridgehead atoms. The highest BCUT2D eigenvalue weighted by Gasteiger charge is 2.10. The number of hydrogen-bond donors (Lipinski definition) is 2. The van der Waals surface area contributed by atoms with Crippen LogP contribution in [0.1, 0.15) is 28.5 Å². The van der Waals surface area contributed by atoms with Gasteiger partial charge in [-0.1, -0.05) is 6.92 Å². The van der Waals surface area contributed by atoms with E-state index >= 15 is 0 Å². The second kappa shape index (κ2) is 6.09. The number of rotatable bonds is 4. The second-order valence-corrected chi connectivity index (χ2v) is 4.96. The topological polar surface area (TPSA) is 46.9 Å². The summed E-state index contributed by atoms with van der Waals surface area (Å²) in [5.41, 5.74) is 2.33. The van der Waals surface area contributed by atoms with Gasteiger partial charge in [0.2, 0.25) is 0 Å². The van der Waals surface area contributed by atoms with Crippen LogP contribution in [0.2, 0.25) is 0 Å². The van der Waals surface area contributed by atoms with Crippen LogP contribution >= 0.6 is 12.6 Å². The minimum atomic E-state index is -0.439. The minimum absolute atomic E-state index is 0.160. The molecule has 0 atom stereocenters. The van der Waals surface area contributed by atoms with Crippen LogP contribution in [0.4, 0.5) is 4.39 Å². The van der Waals surface area contributed by atoms with Gasteiger partial charge >= 0.3 is 0 Å². The molecule has 2 aromatic rings. The molecule has 1 aromatic carbocycles. The van der Waals surface area contributed by atoms with Crippen molar-refractivity contribution in [2.24, 2.45) is 7.05 Å². The van der Waals surface area contributed by atoms with E-state index in [1.807, 2.05) is 20.2 Å². The third-order valence-electron chi connectivity index (χ3n) is 2.97. The van der Waals surface area contributed by atoms with Crippen LogP contribution in [0.5, 0.6) is 0 Å². The van der Waals surface area contributed by atoms with Gasteiger partial charge in [0.25, 0.3) is 5.91 Å². The molecule has 20 heavy (non-hydrogen) atoms. The summed E-state index contributed by atoms with van der Waals surface area (Å²) >= 11 is 3.97. The van der Waals surface area contributed by atoms with Gasteiger partial charge in [0.1, 0.15) is 5.82 Å². The van der Waals surface area contributed by atoms with Crippen molar-refractivity contribution in [3.63, 3.8) is 0 Å².